The third-order valence-corrected chi connectivity index (χ3v) is 3.01. The Balaban J connectivity index is 2.92. The predicted molar refractivity (Wildman–Crippen MR) is 71.4 cm³/mol. The second kappa shape index (κ2) is 6.63. The summed E-state index contributed by atoms with van der Waals surface area (Å²) in [6.45, 7) is 3.84. The van der Waals surface area contributed by atoms with Crippen molar-refractivity contribution in [1.82, 2.24) is 9.80 Å². The Labute approximate surface area is 131 Å². The van der Waals surface area contributed by atoms with Crippen molar-refractivity contribution in [2.24, 2.45) is 0 Å². The van der Waals surface area contributed by atoms with Crippen molar-refractivity contribution in [3.63, 3.8) is 0 Å². The number of ether oxygens (including phenoxy) is 2. The summed E-state index contributed by atoms with van der Waals surface area (Å²) in [6, 6.07) is -1.53. The number of esters is 1. The van der Waals surface area contributed by atoms with Gasteiger partial charge in [-0.25, -0.2) is 9.59 Å². The number of carbonyl (C=O) groups excluding carboxylic acids is 3. The first-order valence-electron chi connectivity index (χ1n) is 6.80. The smallest absolute Gasteiger partial charge is 0.467 e. The minimum Gasteiger partial charge on any atom is -0.467 e. The Morgan fingerprint density at radius 1 is 1.09 bits per heavy atom. The van der Waals surface area contributed by atoms with Gasteiger partial charge in [0.15, 0.2) is 0 Å². The largest absolute Gasteiger partial charge is 0.471 e. The average Bonchev–Trinajstić information content (AvgIpc) is 2.42. The normalized spacial score (nSPS) is 19.3. The molecule has 0 radical (unpaired) electrons. The lowest BCUT2D eigenvalue weighted by atomic mass is 10.1. The molecule has 1 heterocycles. The molecule has 0 aliphatic carbocycles. The van der Waals surface area contributed by atoms with Crippen molar-refractivity contribution in [1.29, 1.82) is 0 Å². The highest BCUT2D eigenvalue weighted by Gasteiger charge is 2.49. The van der Waals surface area contributed by atoms with Crippen molar-refractivity contribution >= 4 is 18.0 Å². The lowest BCUT2D eigenvalue weighted by Crippen LogP contribution is -2.62. The first kappa shape index (κ1) is 19.0. The molecule has 0 spiro atoms. The Kier molecular flexibility index (Phi) is 5.49. The van der Waals surface area contributed by atoms with Crippen LogP contribution in [0.15, 0.2) is 0 Å². The van der Waals surface area contributed by atoms with Gasteiger partial charge in [0.1, 0.15) is 11.6 Å². The summed E-state index contributed by atoms with van der Waals surface area (Å²) in [5.74, 6) is -3.17. The van der Waals surface area contributed by atoms with Crippen LogP contribution in [0.25, 0.3) is 0 Å². The zero-order valence-electron chi connectivity index (χ0n) is 13.3. The molecule has 1 unspecified atom stereocenters. The summed E-state index contributed by atoms with van der Waals surface area (Å²) in [4.78, 5) is 36.5. The summed E-state index contributed by atoms with van der Waals surface area (Å²) in [7, 11) is 0.991. The van der Waals surface area contributed by atoms with E-state index in [1.807, 2.05) is 0 Å². The molecule has 0 bridgehead atoms. The van der Waals surface area contributed by atoms with E-state index >= 15 is 0 Å². The molecule has 1 aliphatic heterocycles. The van der Waals surface area contributed by atoms with Gasteiger partial charge >= 0.3 is 24.1 Å². The van der Waals surface area contributed by atoms with Crippen LogP contribution in [0.4, 0.5) is 18.0 Å². The zero-order valence-corrected chi connectivity index (χ0v) is 13.3. The molecular weight excluding hydrogens is 321 g/mol. The van der Waals surface area contributed by atoms with Crippen molar-refractivity contribution in [3.05, 3.63) is 0 Å². The predicted octanol–water partition coefficient (Wildman–Crippen LogP) is 1.17. The molecule has 23 heavy (non-hydrogen) atoms. The van der Waals surface area contributed by atoms with E-state index in [0.29, 0.717) is 4.90 Å². The molecule has 1 saturated heterocycles. The number of amides is 2. The number of alkyl halides is 3. The van der Waals surface area contributed by atoms with Crippen molar-refractivity contribution < 1.29 is 37.0 Å². The summed E-state index contributed by atoms with van der Waals surface area (Å²) in [5.41, 5.74) is -0.795. The van der Waals surface area contributed by atoms with Crippen LogP contribution in [0.5, 0.6) is 0 Å². The van der Waals surface area contributed by atoms with Crippen LogP contribution >= 0.6 is 0 Å². The third kappa shape index (κ3) is 5.00. The molecule has 1 aliphatic rings. The van der Waals surface area contributed by atoms with E-state index in [1.165, 1.54) is 0 Å². The fourth-order valence-corrected chi connectivity index (χ4v) is 2.02. The molecule has 7 nitrogen and oxygen atoms in total. The molecule has 0 N–H and O–H groups in total. The van der Waals surface area contributed by atoms with Crippen molar-refractivity contribution in [2.45, 2.75) is 38.6 Å². The van der Waals surface area contributed by atoms with Gasteiger partial charge in [0, 0.05) is 13.1 Å². The molecular formula is C13H19F3N2O5. The Morgan fingerprint density at radius 2 is 1.65 bits per heavy atom. The van der Waals surface area contributed by atoms with Gasteiger partial charge in [-0.15, -0.1) is 0 Å². The van der Waals surface area contributed by atoms with E-state index in [-0.39, 0.29) is 6.54 Å². The Hall–Kier alpha value is -2.00. The van der Waals surface area contributed by atoms with Gasteiger partial charge in [-0.2, -0.15) is 13.2 Å². The van der Waals surface area contributed by atoms with E-state index in [4.69, 9.17) is 4.74 Å². The molecule has 1 fully saturated rings. The van der Waals surface area contributed by atoms with Gasteiger partial charge in [0.05, 0.1) is 13.7 Å². The maximum atomic E-state index is 12.6. The molecule has 132 valence electrons. The summed E-state index contributed by atoms with van der Waals surface area (Å²) in [5, 5.41) is 0. The van der Waals surface area contributed by atoms with Gasteiger partial charge < -0.3 is 19.3 Å². The zero-order chi connectivity index (χ0) is 18.0. The first-order chi connectivity index (χ1) is 10.4. The fourth-order valence-electron chi connectivity index (χ4n) is 2.02. The van der Waals surface area contributed by atoms with Gasteiger partial charge in [0.2, 0.25) is 0 Å². The van der Waals surface area contributed by atoms with Crippen molar-refractivity contribution in [3.8, 4) is 0 Å². The lowest BCUT2D eigenvalue weighted by molar-refractivity contribution is -0.192. The highest BCUT2D eigenvalue weighted by molar-refractivity contribution is 5.88. The number of hydrogen-bond donors (Lipinski definition) is 0. The highest BCUT2D eigenvalue weighted by Crippen LogP contribution is 2.23. The van der Waals surface area contributed by atoms with Gasteiger partial charge in [-0.05, 0) is 20.8 Å². The quantitative estimate of drug-likeness (QED) is 0.670. The number of halogens is 3. The molecule has 2 amide bonds. The molecule has 0 aromatic carbocycles. The molecule has 0 saturated carbocycles. The Morgan fingerprint density at radius 3 is 2.09 bits per heavy atom. The first-order valence-corrected chi connectivity index (χ1v) is 6.80. The van der Waals surface area contributed by atoms with E-state index in [2.05, 4.69) is 4.74 Å². The molecule has 1 rings (SSSR count). The van der Waals surface area contributed by atoms with Crippen LogP contribution in [-0.4, -0.2) is 72.3 Å². The summed E-state index contributed by atoms with van der Waals surface area (Å²) >= 11 is 0. The van der Waals surface area contributed by atoms with Crippen LogP contribution in [0, 0.1) is 0 Å². The number of rotatable bonds is 1. The minimum absolute atomic E-state index is 0.176. The fraction of sp³-hybridized carbons (Fsp3) is 0.769. The standard InChI is InChI=1S/C13H19F3N2O5/c1-12(2,3)23-11(21)17-5-6-18(10(20)13(14,15)16)8(7-17)9(19)22-4/h8H,5-7H2,1-4H3. The lowest BCUT2D eigenvalue weighted by Gasteiger charge is -2.40. The van der Waals surface area contributed by atoms with Crippen molar-refractivity contribution in [2.75, 3.05) is 26.7 Å². The monoisotopic (exact) mass is 340 g/mol. The SMILES string of the molecule is COC(=O)C1CN(C(=O)OC(C)(C)C)CCN1C(=O)C(F)(F)F. The Bertz CT molecular complexity index is 487. The third-order valence-electron chi connectivity index (χ3n) is 3.01. The van der Waals surface area contributed by atoms with E-state index in [1.54, 1.807) is 20.8 Å². The van der Waals surface area contributed by atoms with Gasteiger partial charge in [0.25, 0.3) is 0 Å². The van der Waals surface area contributed by atoms with Crippen LogP contribution < -0.4 is 0 Å². The number of nitrogens with zero attached hydrogens (tertiary/aromatic N) is 2. The molecule has 0 aromatic rings. The van der Waals surface area contributed by atoms with E-state index < -0.39 is 48.9 Å². The van der Waals surface area contributed by atoms with E-state index in [9.17, 15) is 27.6 Å². The second-order valence-electron chi connectivity index (χ2n) is 5.96. The number of piperazine rings is 1. The summed E-state index contributed by atoms with van der Waals surface area (Å²) in [6.07, 6.45) is -5.88. The van der Waals surface area contributed by atoms with Gasteiger partial charge in [-0.1, -0.05) is 0 Å². The molecule has 1 atom stereocenters. The maximum absolute atomic E-state index is 12.6. The summed E-state index contributed by atoms with van der Waals surface area (Å²) < 4.78 is 47.4. The average molecular weight is 340 g/mol. The maximum Gasteiger partial charge on any atom is 0.471 e. The topological polar surface area (TPSA) is 76.2 Å². The van der Waals surface area contributed by atoms with Gasteiger partial charge in [-0.3, -0.25) is 4.79 Å². The number of carbonyl (C=O) groups is 3. The number of methoxy groups -OCH3 is 1. The number of hydrogen-bond acceptors (Lipinski definition) is 5. The molecule has 10 heteroatoms. The minimum atomic E-state index is -5.11. The molecule has 0 aromatic heterocycles. The van der Waals surface area contributed by atoms with Crippen LogP contribution in [0.3, 0.4) is 0 Å². The second-order valence-corrected chi connectivity index (χ2v) is 5.96. The van der Waals surface area contributed by atoms with Crippen LogP contribution in [0.1, 0.15) is 20.8 Å². The van der Waals surface area contributed by atoms with E-state index in [0.717, 1.165) is 12.0 Å². The highest BCUT2D eigenvalue weighted by atomic mass is 19.4. The van der Waals surface area contributed by atoms with Crippen LogP contribution in [0.2, 0.25) is 0 Å². The van der Waals surface area contributed by atoms with Crippen LogP contribution in [-0.2, 0) is 19.1 Å².